The minimum absolute atomic E-state index is 0.0179. The molecule has 1 aromatic heterocycles. The van der Waals surface area contributed by atoms with Crippen LogP contribution in [-0.4, -0.2) is 20.5 Å². The first-order valence-electron chi connectivity index (χ1n) is 9.97. The van der Waals surface area contributed by atoms with Crippen LogP contribution in [-0.2, 0) is 16.3 Å². The summed E-state index contributed by atoms with van der Waals surface area (Å²) in [6.45, 7) is 0. The van der Waals surface area contributed by atoms with Gasteiger partial charge < -0.3 is 8.92 Å². The number of fused-ring (bicyclic) bond motifs is 1. The fourth-order valence-corrected chi connectivity index (χ4v) is 4.71. The van der Waals surface area contributed by atoms with E-state index in [1.165, 1.54) is 12.3 Å². The Morgan fingerprint density at radius 1 is 0.868 bits per heavy atom. The number of benzene rings is 3. The summed E-state index contributed by atoms with van der Waals surface area (Å²) >= 11 is 5.83. The van der Waals surface area contributed by atoms with Crippen molar-refractivity contribution < 1.29 is 52.5 Å². The molecule has 4 rings (SSSR count). The Morgan fingerprint density at radius 3 is 2.05 bits per heavy atom. The van der Waals surface area contributed by atoms with Gasteiger partial charge >= 0.3 is 16.3 Å². The first-order valence-corrected chi connectivity index (χ1v) is 11.8. The maximum atomic E-state index is 13.9. The van der Waals surface area contributed by atoms with E-state index < -0.39 is 66.6 Å². The highest BCUT2D eigenvalue weighted by molar-refractivity contribution is 7.87. The van der Waals surface area contributed by atoms with Crippen LogP contribution in [0.5, 0.6) is 11.5 Å². The van der Waals surface area contributed by atoms with Gasteiger partial charge in [-0.05, 0) is 35.7 Å². The Bertz CT molecular complexity index is 1680. The van der Waals surface area contributed by atoms with Crippen LogP contribution in [0.3, 0.4) is 0 Å². The Labute approximate surface area is 213 Å². The van der Waals surface area contributed by atoms with Crippen molar-refractivity contribution in [3.8, 4) is 22.8 Å². The van der Waals surface area contributed by atoms with Gasteiger partial charge in [-0.1, -0.05) is 17.7 Å². The second kappa shape index (κ2) is 9.58. The molecule has 0 unspecified atom stereocenters. The molecule has 0 fully saturated rings. The lowest BCUT2D eigenvalue weighted by molar-refractivity contribution is -0.137. The molecular formula is C23H10ClF8NO4S. The zero-order valence-electron chi connectivity index (χ0n) is 18.4. The van der Waals surface area contributed by atoms with Crippen LogP contribution in [0.2, 0.25) is 5.02 Å². The Kier molecular flexibility index (Phi) is 6.91. The number of pyridine rings is 1. The molecule has 0 bridgehead atoms. The SMILES string of the molecule is COc1cc(C(F)(F)F)c(Cl)cc1-c1nccc2cc(S(=O)(=O)Oc3c(F)c(F)c(F)c(F)c3F)ccc12. The first kappa shape index (κ1) is 27.4. The zero-order valence-corrected chi connectivity index (χ0v) is 20.0. The summed E-state index contributed by atoms with van der Waals surface area (Å²) in [6, 6.07) is 5.84. The normalized spacial score (nSPS) is 12.2. The van der Waals surface area contributed by atoms with E-state index in [-0.39, 0.29) is 27.8 Å². The average Bonchev–Trinajstić information content (AvgIpc) is 2.87. The van der Waals surface area contributed by atoms with E-state index in [9.17, 15) is 43.5 Å². The number of hydrogen-bond donors (Lipinski definition) is 0. The van der Waals surface area contributed by atoms with E-state index >= 15 is 0 Å². The zero-order chi connectivity index (χ0) is 28.2. The van der Waals surface area contributed by atoms with Gasteiger partial charge in [-0.25, -0.2) is 13.2 Å². The van der Waals surface area contributed by atoms with Crippen molar-refractivity contribution in [3.63, 3.8) is 0 Å². The lowest BCUT2D eigenvalue weighted by atomic mass is 10.0. The molecule has 0 aliphatic heterocycles. The van der Waals surface area contributed by atoms with Gasteiger partial charge in [0.1, 0.15) is 10.6 Å². The summed E-state index contributed by atoms with van der Waals surface area (Å²) in [4.78, 5) is 3.36. The lowest BCUT2D eigenvalue weighted by Gasteiger charge is -2.16. The van der Waals surface area contributed by atoms with Crippen LogP contribution in [0.4, 0.5) is 35.1 Å². The summed E-state index contributed by atoms with van der Waals surface area (Å²) in [5, 5.41) is -0.394. The van der Waals surface area contributed by atoms with Crippen LogP contribution in [0.15, 0.2) is 47.5 Å². The number of alkyl halides is 3. The molecular weight excluding hydrogens is 574 g/mol. The van der Waals surface area contributed by atoms with Crippen LogP contribution < -0.4 is 8.92 Å². The number of aromatic nitrogens is 1. The predicted octanol–water partition coefficient (Wildman–Crippen LogP) is 7.05. The van der Waals surface area contributed by atoms with Crippen molar-refractivity contribution in [1.29, 1.82) is 0 Å². The Balaban J connectivity index is 1.82. The third-order valence-electron chi connectivity index (χ3n) is 5.24. The largest absolute Gasteiger partial charge is 0.496 e. The predicted molar refractivity (Wildman–Crippen MR) is 118 cm³/mol. The van der Waals surface area contributed by atoms with E-state index in [0.29, 0.717) is 6.07 Å². The number of ether oxygens (including phenoxy) is 1. The molecule has 0 saturated carbocycles. The van der Waals surface area contributed by atoms with Gasteiger partial charge in [0.05, 0.1) is 23.4 Å². The van der Waals surface area contributed by atoms with Crippen LogP contribution in [0, 0.1) is 29.1 Å². The average molecular weight is 584 g/mol. The molecule has 0 aliphatic carbocycles. The fourth-order valence-electron chi connectivity index (χ4n) is 3.47. The summed E-state index contributed by atoms with van der Waals surface area (Å²) < 4.78 is 142. The van der Waals surface area contributed by atoms with Crippen LogP contribution >= 0.6 is 11.6 Å². The summed E-state index contributed by atoms with van der Waals surface area (Å²) in [5.41, 5.74) is -1.12. The molecule has 0 aliphatic rings. The van der Waals surface area contributed by atoms with Gasteiger partial charge in [0.25, 0.3) is 0 Å². The van der Waals surface area contributed by atoms with Crippen molar-refractivity contribution in [2.75, 3.05) is 7.11 Å². The molecule has 38 heavy (non-hydrogen) atoms. The van der Waals surface area contributed by atoms with Crippen molar-refractivity contribution >= 4 is 32.5 Å². The highest BCUT2D eigenvalue weighted by Gasteiger charge is 2.35. The molecule has 0 radical (unpaired) electrons. The number of rotatable bonds is 5. The van der Waals surface area contributed by atoms with Gasteiger partial charge in [0.2, 0.25) is 34.8 Å². The quantitative estimate of drug-likeness (QED) is 0.109. The molecule has 1 heterocycles. The number of halogens is 9. The van der Waals surface area contributed by atoms with Gasteiger partial charge in [-0.2, -0.15) is 30.4 Å². The van der Waals surface area contributed by atoms with Crippen LogP contribution in [0.25, 0.3) is 22.0 Å². The monoisotopic (exact) mass is 583 g/mol. The molecule has 5 nitrogen and oxygen atoms in total. The van der Waals surface area contributed by atoms with Crippen molar-refractivity contribution in [1.82, 2.24) is 4.98 Å². The van der Waals surface area contributed by atoms with Gasteiger partial charge in [0.15, 0.2) is 0 Å². The molecule has 15 heteroatoms. The van der Waals surface area contributed by atoms with E-state index in [2.05, 4.69) is 9.17 Å². The number of methoxy groups -OCH3 is 1. The van der Waals surface area contributed by atoms with Gasteiger partial charge in [-0.3, -0.25) is 4.98 Å². The second-order valence-electron chi connectivity index (χ2n) is 7.51. The van der Waals surface area contributed by atoms with E-state index in [0.717, 1.165) is 31.4 Å². The third kappa shape index (κ3) is 4.69. The maximum Gasteiger partial charge on any atom is 0.417 e. The molecule has 200 valence electrons. The maximum absolute atomic E-state index is 13.9. The molecule has 0 amide bonds. The van der Waals surface area contributed by atoms with Gasteiger partial charge in [0, 0.05) is 17.1 Å². The third-order valence-corrected chi connectivity index (χ3v) is 6.77. The topological polar surface area (TPSA) is 65.5 Å². The summed E-state index contributed by atoms with van der Waals surface area (Å²) in [5.74, 6) is -14.6. The minimum atomic E-state index is -5.14. The fraction of sp³-hybridized carbons (Fsp3) is 0.0870. The lowest BCUT2D eigenvalue weighted by Crippen LogP contribution is -2.14. The van der Waals surface area contributed by atoms with Gasteiger partial charge in [-0.15, -0.1) is 0 Å². The number of nitrogens with zero attached hydrogens (tertiary/aromatic N) is 1. The minimum Gasteiger partial charge on any atom is -0.496 e. The van der Waals surface area contributed by atoms with Crippen molar-refractivity contribution in [3.05, 3.63) is 82.3 Å². The second-order valence-corrected chi connectivity index (χ2v) is 9.46. The summed E-state index contributed by atoms with van der Waals surface area (Å²) in [6.07, 6.45) is -3.61. The molecule has 0 saturated heterocycles. The van der Waals surface area contributed by atoms with Crippen molar-refractivity contribution in [2.45, 2.75) is 11.1 Å². The highest BCUT2D eigenvalue weighted by atomic mass is 35.5. The number of hydrogen-bond acceptors (Lipinski definition) is 5. The Morgan fingerprint density at radius 2 is 1.47 bits per heavy atom. The summed E-state index contributed by atoms with van der Waals surface area (Å²) in [7, 11) is -4.03. The smallest absolute Gasteiger partial charge is 0.417 e. The standard InChI is InChI=1S/C23H10ClF8NO4S/c1-36-15-8-13(23(30,31)32)14(24)7-12(15)21-11-3-2-10(6-9(11)4-5-33-21)38(34,35)37-22-19(28)17(26)16(25)18(27)20(22)29/h2-8H,1H3. The Hall–Kier alpha value is -3.65. The molecule has 0 spiro atoms. The van der Waals surface area contributed by atoms with E-state index in [1.807, 2.05) is 0 Å². The molecule has 4 aromatic rings. The molecule has 0 atom stereocenters. The molecule has 3 aromatic carbocycles. The highest BCUT2D eigenvalue weighted by Crippen LogP contribution is 2.43. The van der Waals surface area contributed by atoms with E-state index in [1.54, 1.807) is 0 Å². The first-order chi connectivity index (χ1) is 17.7. The van der Waals surface area contributed by atoms with E-state index in [4.69, 9.17) is 16.3 Å². The van der Waals surface area contributed by atoms with Crippen molar-refractivity contribution in [2.24, 2.45) is 0 Å². The molecule has 0 N–H and O–H groups in total. The van der Waals surface area contributed by atoms with Crippen LogP contribution in [0.1, 0.15) is 5.56 Å².